The number of anilines is 4. The van der Waals surface area contributed by atoms with Crippen LogP contribution in [0.25, 0.3) is 0 Å². The maximum atomic E-state index is 11.9. The number of nitrogen functional groups attached to an aromatic ring is 1. The third kappa shape index (κ3) is 5.34. The molecule has 0 fully saturated rings. The minimum atomic E-state index is -0.329. The van der Waals surface area contributed by atoms with E-state index in [0.717, 1.165) is 5.69 Å². The van der Waals surface area contributed by atoms with E-state index < -0.39 is 0 Å². The number of carbonyl (C=O) groups is 1. The van der Waals surface area contributed by atoms with E-state index in [1.807, 2.05) is 27.7 Å². The van der Waals surface area contributed by atoms with Gasteiger partial charge in [0.15, 0.2) is 11.6 Å². The lowest BCUT2D eigenvalue weighted by atomic mass is 10.2. The van der Waals surface area contributed by atoms with Gasteiger partial charge in [-0.05, 0) is 44.0 Å². The average molecular weight is 343 g/mol. The summed E-state index contributed by atoms with van der Waals surface area (Å²) in [5.74, 6) is 1.07. The molecule has 7 heteroatoms. The van der Waals surface area contributed by atoms with Crippen molar-refractivity contribution in [2.45, 2.75) is 33.7 Å². The molecule has 2 aromatic rings. The largest absolute Gasteiger partial charge is 0.462 e. The van der Waals surface area contributed by atoms with Crippen molar-refractivity contribution in [3.63, 3.8) is 0 Å². The fourth-order valence-electron chi connectivity index (χ4n) is 2.04. The van der Waals surface area contributed by atoms with Crippen molar-refractivity contribution in [1.29, 1.82) is 0 Å². The van der Waals surface area contributed by atoms with Gasteiger partial charge in [0, 0.05) is 11.7 Å². The molecule has 0 aliphatic heterocycles. The summed E-state index contributed by atoms with van der Waals surface area (Å²) < 4.78 is 5.21. The lowest BCUT2D eigenvalue weighted by molar-refractivity contribution is 0.0459. The summed E-state index contributed by atoms with van der Waals surface area (Å²) in [7, 11) is 0. The van der Waals surface area contributed by atoms with Crippen LogP contribution in [-0.4, -0.2) is 28.6 Å². The van der Waals surface area contributed by atoms with E-state index in [2.05, 4.69) is 20.6 Å². The Hall–Kier alpha value is -2.83. The summed E-state index contributed by atoms with van der Waals surface area (Å²) in [5.41, 5.74) is 7.81. The Morgan fingerprint density at radius 1 is 1.12 bits per heavy atom. The number of nitrogens with two attached hydrogens (primary N) is 1. The fourth-order valence-corrected chi connectivity index (χ4v) is 2.04. The van der Waals surface area contributed by atoms with Crippen LogP contribution in [0, 0.1) is 5.92 Å². The van der Waals surface area contributed by atoms with Crippen molar-refractivity contribution in [3.05, 3.63) is 36.2 Å². The highest BCUT2D eigenvalue weighted by Gasteiger charge is 2.11. The third-order valence-corrected chi connectivity index (χ3v) is 3.24. The van der Waals surface area contributed by atoms with E-state index in [-0.39, 0.29) is 12.0 Å². The highest BCUT2D eigenvalue weighted by Crippen LogP contribution is 2.26. The number of hydrogen-bond donors (Lipinski definition) is 3. The van der Waals surface area contributed by atoms with Crippen LogP contribution in [0.15, 0.2) is 30.6 Å². The summed E-state index contributed by atoms with van der Waals surface area (Å²) in [6, 6.07) is 7.18. The van der Waals surface area contributed by atoms with Crippen molar-refractivity contribution in [2.24, 2.45) is 5.92 Å². The SMILES string of the molecule is CC(C)COC(=O)c1ccc(Nc2ncnc(NC(C)C)c2N)cc1. The molecule has 0 amide bonds. The number of rotatable bonds is 7. The fraction of sp³-hybridized carbons (Fsp3) is 0.389. The first-order valence-electron chi connectivity index (χ1n) is 8.28. The number of nitrogens with zero attached hydrogens (tertiary/aromatic N) is 2. The minimum Gasteiger partial charge on any atom is -0.462 e. The normalized spacial score (nSPS) is 10.8. The Balaban J connectivity index is 2.07. The van der Waals surface area contributed by atoms with Crippen LogP contribution in [0.2, 0.25) is 0 Å². The van der Waals surface area contributed by atoms with Gasteiger partial charge in [-0.2, -0.15) is 0 Å². The Bertz CT molecular complexity index is 714. The number of aromatic nitrogens is 2. The van der Waals surface area contributed by atoms with E-state index in [1.54, 1.807) is 24.3 Å². The number of nitrogens with one attached hydrogen (secondary N) is 2. The highest BCUT2D eigenvalue weighted by atomic mass is 16.5. The van der Waals surface area contributed by atoms with Gasteiger partial charge in [0.25, 0.3) is 0 Å². The Morgan fingerprint density at radius 2 is 1.76 bits per heavy atom. The molecule has 1 aromatic carbocycles. The van der Waals surface area contributed by atoms with Crippen LogP contribution in [0.3, 0.4) is 0 Å². The Labute approximate surface area is 148 Å². The summed E-state index contributed by atoms with van der Waals surface area (Å²) >= 11 is 0. The minimum absolute atomic E-state index is 0.209. The lowest BCUT2D eigenvalue weighted by Gasteiger charge is -2.14. The first-order chi connectivity index (χ1) is 11.9. The highest BCUT2D eigenvalue weighted by molar-refractivity contribution is 5.90. The maximum Gasteiger partial charge on any atom is 0.338 e. The summed E-state index contributed by atoms with van der Waals surface area (Å²) in [4.78, 5) is 20.2. The van der Waals surface area contributed by atoms with Gasteiger partial charge >= 0.3 is 5.97 Å². The van der Waals surface area contributed by atoms with Gasteiger partial charge in [-0.15, -0.1) is 0 Å². The van der Waals surface area contributed by atoms with Gasteiger partial charge in [-0.1, -0.05) is 13.8 Å². The molecule has 1 heterocycles. The van der Waals surface area contributed by atoms with E-state index in [0.29, 0.717) is 35.4 Å². The molecule has 0 spiro atoms. The zero-order valence-corrected chi connectivity index (χ0v) is 15.0. The summed E-state index contributed by atoms with van der Waals surface area (Å²) in [5, 5.41) is 6.30. The van der Waals surface area contributed by atoms with Gasteiger partial charge < -0.3 is 21.1 Å². The molecule has 0 saturated heterocycles. The Morgan fingerprint density at radius 3 is 2.36 bits per heavy atom. The van der Waals surface area contributed by atoms with Crippen molar-refractivity contribution >= 4 is 29.0 Å². The average Bonchev–Trinajstić information content (AvgIpc) is 2.56. The molecule has 0 radical (unpaired) electrons. The van der Waals surface area contributed by atoms with Gasteiger partial charge in [-0.25, -0.2) is 14.8 Å². The molecule has 2 rings (SSSR count). The van der Waals surface area contributed by atoms with Crippen LogP contribution in [0.1, 0.15) is 38.1 Å². The zero-order valence-electron chi connectivity index (χ0n) is 15.0. The maximum absolute atomic E-state index is 11.9. The molecular weight excluding hydrogens is 318 g/mol. The van der Waals surface area contributed by atoms with Crippen LogP contribution >= 0.6 is 0 Å². The molecule has 0 saturated carbocycles. The van der Waals surface area contributed by atoms with Crippen LogP contribution in [0.5, 0.6) is 0 Å². The number of benzene rings is 1. The van der Waals surface area contributed by atoms with Crippen molar-refractivity contribution < 1.29 is 9.53 Å². The van der Waals surface area contributed by atoms with Gasteiger partial charge in [-0.3, -0.25) is 0 Å². The van der Waals surface area contributed by atoms with Gasteiger partial charge in [0.1, 0.15) is 12.0 Å². The Kier molecular flexibility index (Phi) is 6.16. The van der Waals surface area contributed by atoms with E-state index >= 15 is 0 Å². The second-order valence-electron chi connectivity index (χ2n) is 6.48. The molecule has 4 N–H and O–H groups in total. The van der Waals surface area contributed by atoms with Gasteiger partial charge in [0.2, 0.25) is 0 Å². The molecule has 0 aliphatic rings. The smallest absolute Gasteiger partial charge is 0.338 e. The zero-order chi connectivity index (χ0) is 18.4. The van der Waals surface area contributed by atoms with E-state index in [1.165, 1.54) is 6.33 Å². The van der Waals surface area contributed by atoms with Gasteiger partial charge in [0.05, 0.1) is 12.2 Å². The summed E-state index contributed by atoms with van der Waals surface area (Å²) in [6.07, 6.45) is 1.45. The second kappa shape index (κ2) is 8.32. The van der Waals surface area contributed by atoms with Crippen LogP contribution in [0.4, 0.5) is 23.0 Å². The first-order valence-corrected chi connectivity index (χ1v) is 8.28. The quantitative estimate of drug-likeness (QED) is 0.662. The molecule has 25 heavy (non-hydrogen) atoms. The van der Waals surface area contributed by atoms with Crippen molar-refractivity contribution in [2.75, 3.05) is 23.0 Å². The number of ether oxygens (including phenoxy) is 1. The topological polar surface area (TPSA) is 102 Å². The lowest BCUT2D eigenvalue weighted by Crippen LogP contribution is -2.14. The molecule has 134 valence electrons. The van der Waals surface area contributed by atoms with E-state index in [9.17, 15) is 4.79 Å². The molecule has 1 aromatic heterocycles. The predicted octanol–water partition coefficient (Wildman–Crippen LogP) is 3.44. The standard InChI is InChI=1S/C18H25N5O2/c1-11(2)9-25-18(24)13-5-7-14(8-6-13)23-17-15(19)16(20-10-21-17)22-12(3)4/h5-8,10-12H,9,19H2,1-4H3,(H2,20,21,22,23). The van der Waals surface area contributed by atoms with Crippen molar-refractivity contribution in [1.82, 2.24) is 9.97 Å². The molecule has 0 unspecified atom stereocenters. The molecule has 7 nitrogen and oxygen atoms in total. The van der Waals surface area contributed by atoms with Crippen LogP contribution in [-0.2, 0) is 4.74 Å². The third-order valence-electron chi connectivity index (χ3n) is 3.24. The predicted molar refractivity (Wildman–Crippen MR) is 100 cm³/mol. The molecular formula is C18H25N5O2. The number of hydrogen-bond acceptors (Lipinski definition) is 7. The van der Waals surface area contributed by atoms with Crippen molar-refractivity contribution in [3.8, 4) is 0 Å². The monoisotopic (exact) mass is 343 g/mol. The molecule has 0 bridgehead atoms. The number of esters is 1. The van der Waals surface area contributed by atoms with Crippen LogP contribution < -0.4 is 16.4 Å². The molecule has 0 aliphatic carbocycles. The molecule has 0 atom stereocenters. The van der Waals surface area contributed by atoms with E-state index in [4.69, 9.17) is 10.5 Å². The second-order valence-corrected chi connectivity index (χ2v) is 6.48. The summed E-state index contributed by atoms with van der Waals surface area (Å²) in [6.45, 7) is 8.41. The number of carbonyl (C=O) groups excluding carboxylic acids is 1. The first kappa shape index (κ1) is 18.5.